The summed E-state index contributed by atoms with van der Waals surface area (Å²) in [6.45, 7) is 2.98. The molecule has 0 aliphatic rings. The average Bonchev–Trinajstić information content (AvgIpc) is 3.06. The Morgan fingerprint density at radius 3 is 2.95 bits per heavy atom. The van der Waals surface area contributed by atoms with Crippen molar-refractivity contribution in [3.8, 4) is 0 Å². The molecule has 2 aromatic heterocycles. The lowest BCUT2D eigenvalue weighted by molar-refractivity contribution is 0.426. The first kappa shape index (κ1) is 14.4. The Bertz CT molecular complexity index is 747. The lowest BCUT2D eigenvalue weighted by Gasteiger charge is -2.15. The minimum Gasteiger partial charge on any atom is -0.458 e. The van der Waals surface area contributed by atoms with Crippen LogP contribution in [0.4, 0.5) is 0 Å². The van der Waals surface area contributed by atoms with Gasteiger partial charge in [-0.15, -0.1) is 0 Å². The first-order valence-electron chi connectivity index (χ1n) is 7.06. The highest BCUT2D eigenvalue weighted by molar-refractivity contribution is 9.10. The van der Waals surface area contributed by atoms with Gasteiger partial charge >= 0.3 is 0 Å². The van der Waals surface area contributed by atoms with Gasteiger partial charge < -0.3 is 14.3 Å². The fourth-order valence-electron chi connectivity index (χ4n) is 2.51. The molecule has 0 radical (unpaired) electrons. The van der Waals surface area contributed by atoms with Crippen LogP contribution in [0, 0.1) is 0 Å². The van der Waals surface area contributed by atoms with Crippen LogP contribution < -0.4 is 5.32 Å². The van der Waals surface area contributed by atoms with E-state index in [9.17, 15) is 0 Å². The first-order valence-corrected chi connectivity index (χ1v) is 7.86. The van der Waals surface area contributed by atoms with Gasteiger partial charge in [-0.2, -0.15) is 0 Å². The van der Waals surface area contributed by atoms with Crippen molar-refractivity contribution in [3.05, 3.63) is 52.7 Å². The molecule has 1 N–H and O–H groups in total. The molecule has 0 saturated carbocycles. The van der Waals surface area contributed by atoms with E-state index in [4.69, 9.17) is 4.42 Å². The first-order chi connectivity index (χ1) is 10.2. The number of para-hydroxylation sites is 1. The third-order valence-corrected chi connectivity index (χ3v) is 4.24. The Labute approximate surface area is 132 Å². The summed E-state index contributed by atoms with van der Waals surface area (Å²) < 4.78 is 9.09. The Kier molecular flexibility index (Phi) is 4.12. The van der Waals surface area contributed by atoms with Crippen LogP contribution in [0.1, 0.15) is 24.6 Å². The van der Waals surface area contributed by atoms with Crippen molar-refractivity contribution in [2.24, 2.45) is 7.05 Å². The second kappa shape index (κ2) is 6.03. The number of halogens is 1. The van der Waals surface area contributed by atoms with E-state index in [0.29, 0.717) is 0 Å². The van der Waals surface area contributed by atoms with Crippen molar-refractivity contribution in [2.75, 3.05) is 6.54 Å². The average molecular weight is 348 g/mol. The van der Waals surface area contributed by atoms with Crippen LogP contribution >= 0.6 is 15.9 Å². The number of aryl methyl sites for hydroxylation is 1. The zero-order chi connectivity index (χ0) is 14.8. The van der Waals surface area contributed by atoms with Crippen molar-refractivity contribution in [1.29, 1.82) is 0 Å². The number of furan rings is 1. The molecule has 0 aliphatic heterocycles. The molecule has 3 rings (SSSR count). The maximum Gasteiger partial charge on any atom is 0.148 e. The van der Waals surface area contributed by atoms with Gasteiger partial charge in [-0.05, 0) is 34.6 Å². The summed E-state index contributed by atoms with van der Waals surface area (Å²) in [5, 5.41) is 4.60. The number of hydrogen-bond acceptors (Lipinski definition) is 3. The second-order valence-electron chi connectivity index (χ2n) is 5.08. The van der Waals surface area contributed by atoms with Crippen molar-refractivity contribution in [1.82, 2.24) is 14.9 Å². The summed E-state index contributed by atoms with van der Waals surface area (Å²) in [4.78, 5) is 4.41. The summed E-state index contributed by atoms with van der Waals surface area (Å²) >= 11 is 3.54. The Hall–Kier alpha value is -1.59. The molecule has 1 atom stereocenters. The minimum atomic E-state index is 0.121. The normalized spacial score (nSPS) is 12.9. The number of imidazole rings is 1. The number of likely N-dealkylation sites (N-methyl/N-ethyl adjacent to an activating group) is 1. The predicted molar refractivity (Wildman–Crippen MR) is 87.2 cm³/mol. The lowest BCUT2D eigenvalue weighted by atomic mass is 10.1. The van der Waals surface area contributed by atoms with Gasteiger partial charge in [-0.1, -0.05) is 19.1 Å². The molecule has 0 fully saturated rings. The maximum atomic E-state index is 6.06. The SMILES string of the molecule is CCNC(Cc1nccn1C)c1cc2cccc(Br)c2o1. The van der Waals surface area contributed by atoms with Gasteiger partial charge in [-0.3, -0.25) is 0 Å². The maximum absolute atomic E-state index is 6.06. The molecule has 0 aliphatic carbocycles. The van der Waals surface area contributed by atoms with Crippen LogP contribution in [0.15, 0.2) is 45.5 Å². The second-order valence-corrected chi connectivity index (χ2v) is 5.93. The molecule has 0 saturated heterocycles. The minimum absolute atomic E-state index is 0.121. The van der Waals surface area contributed by atoms with E-state index in [1.165, 1.54) is 0 Å². The molecule has 3 aromatic rings. The van der Waals surface area contributed by atoms with Crippen LogP contribution in [0.5, 0.6) is 0 Å². The number of aromatic nitrogens is 2. The largest absolute Gasteiger partial charge is 0.458 e. The molecular weight excluding hydrogens is 330 g/mol. The number of hydrogen-bond donors (Lipinski definition) is 1. The van der Waals surface area contributed by atoms with Gasteiger partial charge in [-0.25, -0.2) is 4.98 Å². The summed E-state index contributed by atoms with van der Waals surface area (Å²) in [6.07, 6.45) is 4.59. The van der Waals surface area contributed by atoms with Crippen molar-refractivity contribution in [3.63, 3.8) is 0 Å². The molecule has 0 spiro atoms. The topological polar surface area (TPSA) is 43.0 Å². The fourth-order valence-corrected chi connectivity index (χ4v) is 2.98. The van der Waals surface area contributed by atoms with Gasteiger partial charge in [0.1, 0.15) is 17.2 Å². The molecule has 4 nitrogen and oxygen atoms in total. The van der Waals surface area contributed by atoms with E-state index >= 15 is 0 Å². The zero-order valence-corrected chi connectivity index (χ0v) is 13.7. The lowest BCUT2D eigenvalue weighted by Crippen LogP contribution is -2.23. The van der Waals surface area contributed by atoms with Crippen molar-refractivity contribution >= 4 is 26.9 Å². The van der Waals surface area contributed by atoms with Crippen molar-refractivity contribution in [2.45, 2.75) is 19.4 Å². The zero-order valence-electron chi connectivity index (χ0n) is 12.1. The Morgan fingerprint density at radius 1 is 1.43 bits per heavy atom. The molecular formula is C16H18BrN3O. The van der Waals surface area contributed by atoms with Crippen LogP contribution in [-0.2, 0) is 13.5 Å². The number of benzene rings is 1. The molecule has 2 heterocycles. The smallest absolute Gasteiger partial charge is 0.148 e. The molecule has 1 unspecified atom stereocenters. The third-order valence-electron chi connectivity index (χ3n) is 3.62. The van der Waals surface area contributed by atoms with Gasteiger partial charge in [0.05, 0.1) is 10.5 Å². The molecule has 5 heteroatoms. The molecule has 0 bridgehead atoms. The Balaban J connectivity index is 1.95. The number of nitrogens with zero attached hydrogens (tertiary/aromatic N) is 2. The summed E-state index contributed by atoms with van der Waals surface area (Å²) in [5.41, 5.74) is 0.898. The highest BCUT2D eigenvalue weighted by Crippen LogP contribution is 2.30. The van der Waals surface area contributed by atoms with E-state index < -0.39 is 0 Å². The third kappa shape index (κ3) is 2.89. The van der Waals surface area contributed by atoms with Crippen molar-refractivity contribution < 1.29 is 4.42 Å². The number of fused-ring (bicyclic) bond motifs is 1. The van der Waals surface area contributed by atoms with Crippen LogP contribution in [-0.4, -0.2) is 16.1 Å². The monoisotopic (exact) mass is 347 g/mol. The fraction of sp³-hybridized carbons (Fsp3) is 0.312. The van der Waals surface area contributed by atoms with E-state index in [2.05, 4.69) is 45.3 Å². The van der Waals surface area contributed by atoms with Gasteiger partial charge in [0, 0.05) is 31.2 Å². The molecule has 0 amide bonds. The van der Waals surface area contributed by atoms with E-state index in [1.54, 1.807) is 0 Å². The molecule has 110 valence electrons. The van der Waals surface area contributed by atoms with E-state index in [-0.39, 0.29) is 6.04 Å². The van der Waals surface area contributed by atoms with Crippen LogP contribution in [0.2, 0.25) is 0 Å². The highest BCUT2D eigenvalue weighted by Gasteiger charge is 2.18. The Morgan fingerprint density at radius 2 is 2.29 bits per heavy atom. The van der Waals surface area contributed by atoms with Gasteiger partial charge in [0.15, 0.2) is 0 Å². The summed E-state index contributed by atoms with van der Waals surface area (Å²) in [5.74, 6) is 1.99. The standard InChI is InChI=1S/C16H18BrN3O/c1-3-18-13(10-15-19-7-8-20(15)2)14-9-11-5-4-6-12(17)16(11)21-14/h4-9,13,18H,3,10H2,1-2H3. The quantitative estimate of drug-likeness (QED) is 0.762. The predicted octanol–water partition coefficient (Wildman–Crippen LogP) is 3.82. The van der Waals surface area contributed by atoms with Crippen LogP contribution in [0.3, 0.4) is 0 Å². The summed E-state index contributed by atoms with van der Waals surface area (Å²) in [6, 6.07) is 8.31. The van der Waals surface area contributed by atoms with Crippen LogP contribution in [0.25, 0.3) is 11.0 Å². The molecule has 1 aromatic carbocycles. The van der Waals surface area contributed by atoms with Gasteiger partial charge in [0.2, 0.25) is 0 Å². The van der Waals surface area contributed by atoms with E-state index in [0.717, 1.165) is 40.0 Å². The van der Waals surface area contributed by atoms with Gasteiger partial charge in [0.25, 0.3) is 0 Å². The number of nitrogens with one attached hydrogen (secondary N) is 1. The number of rotatable bonds is 5. The highest BCUT2D eigenvalue weighted by atomic mass is 79.9. The summed E-state index contributed by atoms with van der Waals surface area (Å²) in [7, 11) is 2.01. The molecule has 21 heavy (non-hydrogen) atoms. The van der Waals surface area contributed by atoms with E-state index in [1.807, 2.05) is 36.1 Å².